The molecule has 0 aliphatic heterocycles. The molecule has 0 bridgehead atoms. The Bertz CT molecular complexity index is 186. The first kappa shape index (κ1) is 18.4. The molecule has 6 heteroatoms. The summed E-state index contributed by atoms with van der Waals surface area (Å²) in [6.45, 7) is 2.66. The van der Waals surface area contributed by atoms with Crippen LogP contribution in [-0.4, -0.2) is 29.6 Å². The minimum Gasteiger partial charge on any atom is -0.465 e. The Morgan fingerprint density at radius 3 is 2.00 bits per heavy atom. The Morgan fingerprint density at radius 1 is 1.06 bits per heavy atom. The molecule has 96 valence electrons. The van der Waals surface area contributed by atoms with E-state index < -0.39 is 5.24 Å². The molecule has 0 aliphatic rings. The monoisotopic (exact) mass is 290 g/mol. The normalized spacial score (nSPS) is 9.00. The van der Waals surface area contributed by atoms with Crippen LogP contribution in [0.3, 0.4) is 0 Å². The van der Waals surface area contributed by atoms with Gasteiger partial charge in [-0.2, -0.15) is 0 Å². The van der Waals surface area contributed by atoms with E-state index in [0.717, 1.165) is 12.8 Å². The Balaban J connectivity index is 0. The topological polar surface area (TPSA) is 43.4 Å². The van der Waals surface area contributed by atoms with E-state index in [2.05, 4.69) is 6.92 Å². The molecule has 0 spiro atoms. The molecule has 0 aromatic rings. The summed E-state index contributed by atoms with van der Waals surface area (Å²) in [4.78, 5) is 19.9. The van der Waals surface area contributed by atoms with Gasteiger partial charge in [0.2, 0.25) is 5.24 Å². The third-order valence-corrected chi connectivity index (χ3v) is 2.21. The minimum absolute atomic E-state index is 0.0340. The van der Waals surface area contributed by atoms with Crippen LogP contribution in [0.1, 0.15) is 32.6 Å². The van der Waals surface area contributed by atoms with Crippen LogP contribution in [0.5, 0.6) is 0 Å². The summed E-state index contributed by atoms with van der Waals surface area (Å²) in [5.41, 5.74) is 0. The second-order valence-corrected chi connectivity index (χ2v) is 3.86. The molecule has 0 heterocycles. The highest BCUT2D eigenvalue weighted by Gasteiger charge is 1.97. The number of carbonyl (C=O) groups is 2. The third-order valence-electron chi connectivity index (χ3n) is 1.48. The summed E-state index contributed by atoms with van der Waals surface area (Å²) in [5, 5.41) is -0.508. The number of alkyl halides is 2. The van der Waals surface area contributed by atoms with Crippen LogP contribution in [0, 0.1) is 0 Å². The zero-order valence-corrected chi connectivity index (χ0v) is 11.6. The van der Waals surface area contributed by atoms with Crippen LogP contribution in [0.25, 0.3) is 0 Å². The van der Waals surface area contributed by atoms with Gasteiger partial charge >= 0.3 is 5.97 Å². The number of hydrogen-bond donors (Lipinski definition) is 0. The molecule has 0 radical (unpaired) electrons. The Morgan fingerprint density at radius 2 is 1.62 bits per heavy atom. The average Bonchev–Trinajstić information content (AvgIpc) is 2.29. The van der Waals surface area contributed by atoms with E-state index in [-0.39, 0.29) is 17.7 Å². The molecule has 0 aliphatic carbocycles. The summed E-state index contributed by atoms with van der Waals surface area (Å²) in [6, 6.07) is 0. The Labute approximate surface area is 111 Å². The predicted octanol–water partition coefficient (Wildman–Crippen LogP) is 3.34. The standard InChI is InChI=1S/C8H15ClO2.C2H2Cl2O/c1-2-3-4-5-6-11-8(10)7-9;3-1-2(4)5/h2-7H2,1H3;1H2. The lowest BCUT2D eigenvalue weighted by Crippen LogP contribution is -2.06. The highest BCUT2D eigenvalue weighted by atomic mass is 35.5. The van der Waals surface area contributed by atoms with Crippen molar-refractivity contribution in [2.24, 2.45) is 0 Å². The zero-order chi connectivity index (χ0) is 12.8. The van der Waals surface area contributed by atoms with Gasteiger partial charge < -0.3 is 4.74 Å². The van der Waals surface area contributed by atoms with Crippen molar-refractivity contribution in [1.29, 1.82) is 0 Å². The SMILES string of the molecule is CCCCCCOC(=O)CCl.O=C(Cl)CCl. The number of ether oxygens (including phenoxy) is 1. The number of unbranched alkanes of at least 4 members (excludes halogenated alkanes) is 3. The molecule has 0 rings (SSSR count). The Kier molecular flexibility index (Phi) is 17.2. The van der Waals surface area contributed by atoms with Crippen LogP contribution in [0.4, 0.5) is 0 Å². The van der Waals surface area contributed by atoms with Gasteiger partial charge in [0.05, 0.1) is 12.5 Å². The fourth-order valence-corrected chi connectivity index (χ4v) is 0.831. The van der Waals surface area contributed by atoms with Gasteiger partial charge in [-0.15, -0.1) is 23.2 Å². The highest BCUT2D eigenvalue weighted by molar-refractivity contribution is 6.67. The van der Waals surface area contributed by atoms with Crippen LogP contribution in [0.2, 0.25) is 0 Å². The van der Waals surface area contributed by atoms with E-state index in [1.807, 2.05) is 0 Å². The number of rotatable bonds is 7. The first-order valence-electron chi connectivity index (χ1n) is 5.04. The van der Waals surface area contributed by atoms with Gasteiger partial charge in [0.1, 0.15) is 5.88 Å². The van der Waals surface area contributed by atoms with Crippen LogP contribution >= 0.6 is 34.8 Å². The maximum absolute atomic E-state index is 10.5. The molecule has 0 aromatic heterocycles. The molecule has 0 atom stereocenters. The molecular formula is C10H17Cl3O3. The van der Waals surface area contributed by atoms with Crippen LogP contribution < -0.4 is 0 Å². The largest absolute Gasteiger partial charge is 0.465 e. The molecule has 0 unspecified atom stereocenters. The molecule has 0 fully saturated rings. The predicted molar refractivity (Wildman–Crippen MR) is 67.4 cm³/mol. The van der Waals surface area contributed by atoms with Crippen molar-refractivity contribution < 1.29 is 14.3 Å². The molecular weight excluding hydrogens is 274 g/mol. The summed E-state index contributed by atoms with van der Waals surface area (Å²) < 4.78 is 4.77. The zero-order valence-electron chi connectivity index (χ0n) is 9.31. The fraction of sp³-hybridized carbons (Fsp3) is 0.800. The maximum Gasteiger partial charge on any atom is 0.320 e. The summed E-state index contributed by atoms with van der Waals surface area (Å²) in [7, 11) is 0. The summed E-state index contributed by atoms with van der Waals surface area (Å²) >= 11 is 14.8. The average molecular weight is 292 g/mol. The lowest BCUT2D eigenvalue weighted by Gasteiger charge is -2.00. The van der Waals surface area contributed by atoms with E-state index in [0.29, 0.717) is 6.61 Å². The van der Waals surface area contributed by atoms with Crippen molar-refractivity contribution in [3.05, 3.63) is 0 Å². The van der Waals surface area contributed by atoms with Crippen molar-refractivity contribution in [1.82, 2.24) is 0 Å². The van der Waals surface area contributed by atoms with Gasteiger partial charge in [0, 0.05) is 0 Å². The molecule has 0 N–H and O–H groups in total. The Hall–Kier alpha value is 0.01000. The minimum atomic E-state index is -0.508. The molecule has 3 nitrogen and oxygen atoms in total. The van der Waals surface area contributed by atoms with Crippen molar-refractivity contribution in [2.75, 3.05) is 18.4 Å². The number of carbonyl (C=O) groups excluding carboxylic acids is 2. The molecule has 0 amide bonds. The third kappa shape index (κ3) is 19.6. The first-order valence-corrected chi connectivity index (χ1v) is 6.49. The van der Waals surface area contributed by atoms with Crippen molar-refractivity contribution >= 4 is 46.0 Å². The van der Waals surface area contributed by atoms with Gasteiger partial charge in [-0.1, -0.05) is 26.2 Å². The van der Waals surface area contributed by atoms with Crippen molar-refractivity contribution in [3.8, 4) is 0 Å². The van der Waals surface area contributed by atoms with Crippen LogP contribution in [-0.2, 0) is 14.3 Å². The smallest absolute Gasteiger partial charge is 0.320 e. The van der Waals surface area contributed by atoms with Crippen LogP contribution in [0.15, 0.2) is 0 Å². The number of hydrogen-bond acceptors (Lipinski definition) is 3. The molecule has 16 heavy (non-hydrogen) atoms. The van der Waals surface area contributed by atoms with Crippen molar-refractivity contribution in [3.63, 3.8) is 0 Å². The molecule has 0 saturated carbocycles. The fourth-order valence-electron chi connectivity index (χ4n) is 0.753. The summed E-state index contributed by atoms with van der Waals surface area (Å²) in [5.74, 6) is -0.446. The number of halogens is 3. The lowest BCUT2D eigenvalue weighted by molar-refractivity contribution is -0.140. The summed E-state index contributed by atoms with van der Waals surface area (Å²) in [6.07, 6.45) is 4.49. The van der Waals surface area contributed by atoms with Gasteiger partial charge in [-0.05, 0) is 18.0 Å². The van der Waals surface area contributed by atoms with E-state index in [1.54, 1.807) is 0 Å². The second kappa shape index (κ2) is 15.0. The van der Waals surface area contributed by atoms with Gasteiger partial charge in [-0.25, -0.2) is 0 Å². The second-order valence-electron chi connectivity index (χ2n) is 2.90. The lowest BCUT2D eigenvalue weighted by atomic mass is 10.2. The van der Waals surface area contributed by atoms with E-state index in [4.69, 9.17) is 39.5 Å². The van der Waals surface area contributed by atoms with E-state index >= 15 is 0 Å². The van der Waals surface area contributed by atoms with E-state index in [9.17, 15) is 9.59 Å². The van der Waals surface area contributed by atoms with Gasteiger partial charge in [-0.3, -0.25) is 9.59 Å². The quantitative estimate of drug-likeness (QED) is 0.313. The molecule has 0 saturated heterocycles. The first-order chi connectivity index (χ1) is 7.58. The van der Waals surface area contributed by atoms with Gasteiger partial charge in [0.25, 0.3) is 0 Å². The maximum atomic E-state index is 10.5. The molecule has 0 aromatic carbocycles. The highest BCUT2D eigenvalue weighted by Crippen LogP contribution is 1.98. The number of esters is 1. The van der Waals surface area contributed by atoms with Crippen molar-refractivity contribution in [2.45, 2.75) is 32.6 Å². The van der Waals surface area contributed by atoms with E-state index in [1.165, 1.54) is 12.8 Å². The van der Waals surface area contributed by atoms with Gasteiger partial charge in [0.15, 0.2) is 0 Å².